The lowest BCUT2D eigenvalue weighted by Crippen LogP contribution is -2.38. The summed E-state index contributed by atoms with van der Waals surface area (Å²) < 4.78 is 19.6. The highest BCUT2D eigenvalue weighted by molar-refractivity contribution is 5.68. The number of piperidine rings is 1. The van der Waals surface area contributed by atoms with E-state index in [1.54, 1.807) is 12.1 Å². The van der Waals surface area contributed by atoms with Crippen LogP contribution in [-0.2, 0) is 0 Å². The maximum Gasteiger partial charge on any atom is 0.142 e. The van der Waals surface area contributed by atoms with Gasteiger partial charge in [-0.2, -0.15) is 5.26 Å². The van der Waals surface area contributed by atoms with E-state index >= 15 is 0 Å². The van der Waals surface area contributed by atoms with E-state index in [1.807, 2.05) is 6.07 Å². The number of halogens is 1. The molecule has 5 nitrogen and oxygen atoms in total. The normalized spacial score (nSPS) is 15.7. The molecule has 1 saturated heterocycles. The van der Waals surface area contributed by atoms with Crippen LogP contribution in [0.4, 0.5) is 10.2 Å². The molecule has 1 aromatic carbocycles. The number of benzene rings is 1. The van der Waals surface area contributed by atoms with Crippen molar-refractivity contribution in [2.24, 2.45) is 0 Å². The van der Waals surface area contributed by atoms with Gasteiger partial charge in [0.15, 0.2) is 0 Å². The number of aromatic nitrogens is 1. The summed E-state index contributed by atoms with van der Waals surface area (Å²) >= 11 is 0. The molecule has 0 amide bonds. The lowest BCUT2D eigenvalue weighted by atomic mass is 9.86. The molecule has 1 aromatic heterocycles. The number of pyridine rings is 1. The van der Waals surface area contributed by atoms with Gasteiger partial charge in [-0.3, -0.25) is 0 Å². The molecular formula is C21H25FN4O. The first-order chi connectivity index (χ1) is 12.9. The van der Waals surface area contributed by atoms with Gasteiger partial charge in [-0.05, 0) is 69.5 Å². The monoisotopic (exact) mass is 368 g/mol. The van der Waals surface area contributed by atoms with E-state index in [2.05, 4.69) is 29.8 Å². The van der Waals surface area contributed by atoms with E-state index in [1.165, 1.54) is 13.2 Å². The Kier molecular flexibility index (Phi) is 5.62. The van der Waals surface area contributed by atoms with Crippen molar-refractivity contribution in [3.8, 4) is 23.1 Å². The number of likely N-dealkylation sites (tertiary alicyclic amines) is 1. The van der Waals surface area contributed by atoms with Crippen LogP contribution < -0.4 is 10.5 Å². The van der Waals surface area contributed by atoms with Gasteiger partial charge >= 0.3 is 0 Å². The summed E-state index contributed by atoms with van der Waals surface area (Å²) in [5.41, 5.74) is 8.16. The van der Waals surface area contributed by atoms with Crippen molar-refractivity contribution in [2.45, 2.75) is 38.6 Å². The number of rotatable bonds is 4. The first-order valence-electron chi connectivity index (χ1n) is 9.23. The van der Waals surface area contributed by atoms with Crippen LogP contribution in [0.5, 0.6) is 5.75 Å². The van der Waals surface area contributed by atoms with Crippen LogP contribution in [0.2, 0.25) is 0 Å². The van der Waals surface area contributed by atoms with Gasteiger partial charge in [0.2, 0.25) is 0 Å². The quantitative estimate of drug-likeness (QED) is 0.885. The second-order valence-electron chi connectivity index (χ2n) is 7.22. The van der Waals surface area contributed by atoms with E-state index in [0.29, 0.717) is 28.6 Å². The Morgan fingerprint density at radius 1 is 1.30 bits per heavy atom. The third-order valence-electron chi connectivity index (χ3n) is 5.34. The molecular weight excluding hydrogens is 343 g/mol. The molecule has 27 heavy (non-hydrogen) atoms. The van der Waals surface area contributed by atoms with Crippen molar-refractivity contribution in [1.29, 1.82) is 5.26 Å². The zero-order chi connectivity index (χ0) is 19.6. The van der Waals surface area contributed by atoms with E-state index in [0.717, 1.165) is 31.5 Å². The highest BCUT2D eigenvalue weighted by atomic mass is 19.1. The zero-order valence-corrected chi connectivity index (χ0v) is 16.0. The molecule has 142 valence electrons. The molecule has 0 saturated carbocycles. The van der Waals surface area contributed by atoms with Crippen molar-refractivity contribution >= 4 is 5.82 Å². The number of hydrogen-bond acceptors (Lipinski definition) is 5. The molecule has 2 N–H and O–H groups in total. The summed E-state index contributed by atoms with van der Waals surface area (Å²) in [7, 11) is 1.49. The topological polar surface area (TPSA) is 75.2 Å². The summed E-state index contributed by atoms with van der Waals surface area (Å²) in [5.74, 6) is 0.400. The van der Waals surface area contributed by atoms with Gasteiger partial charge in [0.1, 0.15) is 23.5 Å². The van der Waals surface area contributed by atoms with Crippen LogP contribution in [0.15, 0.2) is 24.3 Å². The summed E-state index contributed by atoms with van der Waals surface area (Å²) in [4.78, 5) is 6.72. The molecule has 2 heterocycles. The van der Waals surface area contributed by atoms with Crippen LogP contribution in [0.1, 0.15) is 43.7 Å². The Balaban J connectivity index is 1.99. The fourth-order valence-electron chi connectivity index (χ4n) is 3.72. The minimum absolute atomic E-state index is 0.159. The Labute approximate surface area is 159 Å². The van der Waals surface area contributed by atoms with Crippen LogP contribution in [-0.4, -0.2) is 36.1 Å². The third kappa shape index (κ3) is 3.88. The number of hydrogen-bond donors (Lipinski definition) is 1. The number of methoxy groups -OCH3 is 1. The van der Waals surface area contributed by atoms with Gasteiger partial charge in [-0.1, -0.05) is 0 Å². The van der Waals surface area contributed by atoms with Crippen molar-refractivity contribution in [3.05, 3.63) is 41.2 Å². The molecule has 0 atom stereocenters. The lowest BCUT2D eigenvalue weighted by molar-refractivity contribution is 0.172. The molecule has 0 unspecified atom stereocenters. The predicted octanol–water partition coefficient (Wildman–Crippen LogP) is 3.94. The molecule has 0 aliphatic carbocycles. The van der Waals surface area contributed by atoms with Crippen molar-refractivity contribution in [3.63, 3.8) is 0 Å². The second-order valence-corrected chi connectivity index (χ2v) is 7.22. The predicted molar refractivity (Wildman–Crippen MR) is 104 cm³/mol. The van der Waals surface area contributed by atoms with Crippen molar-refractivity contribution in [2.75, 3.05) is 25.9 Å². The number of ether oxygens (including phenoxy) is 1. The van der Waals surface area contributed by atoms with Gasteiger partial charge in [-0.25, -0.2) is 9.37 Å². The standard InChI is InChI=1S/C21H25FN4O/c1-13(2)26-8-6-14(7-9-26)17-11-20(25-21(24)18(17)12-23)16-5-4-15(27-3)10-19(16)22/h4-5,10-11,13-14H,6-9H2,1-3H3,(H2,24,25). The van der Waals surface area contributed by atoms with Gasteiger partial charge in [-0.15, -0.1) is 0 Å². The Hall–Kier alpha value is -2.65. The molecule has 1 aliphatic heterocycles. The van der Waals surface area contributed by atoms with Crippen LogP contribution in [0, 0.1) is 17.1 Å². The molecule has 0 bridgehead atoms. The fourth-order valence-corrected chi connectivity index (χ4v) is 3.72. The number of nitrogens with two attached hydrogens (primary N) is 1. The largest absolute Gasteiger partial charge is 0.497 e. The first kappa shape index (κ1) is 19.1. The van der Waals surface area contributed by atoms with E-state index in [4.69, 9.17) is 10.5 Å². The summed E-state index contributed by atoms with van der Waals surface area (Å²) in [6, 6.07) is 9.18. The lowest BCUT2D eigenvalue weighted by Gasteiger charge is -2.35. The van der Waals surface area contributed by atoms with E-state index in [9.17, 15) is 9.65 Å². The van der Waals surface area contributed by atoms with E-state index < -0.39 is 5.82 Å². The number of nitriles is 1. The van der Waals surface area contributed by atoms with Gasteiger partial charge in [0.25, 0.3) is 0 Å². The van der Waals surface area contributed by atoms with Crippen molar-refractivity contribution in [1.82, 2.24) is 9.88 Å². The van der Waals surface area contributed by atoms with Gasteiger partial charge in [0.05, 0.1) is 18.4 Å². The maximum absolute atomic E-state index is 14.5. The van der Waals surface area contributed by atoms with Crippen LogP contribution in [0.3, 0.4) is 0 Å². The molecule has 3 rings (SSSR count). The smallest absolute Gasteiger partial charge is 0.142 e. The Morgan fingerprint density at radius 3 is 2.56 bits per heavy atom. The molecule has 1 aliphatic rings. The first-order valence-corrected chi connectivity index (χ1v) is 9.23. The van der Waals surface area contributed by atoms with Crippen LogP contribution >= 0.6 is 0 Å². The average Bonchev–Trinajstić information content (AvgIpc) is 2.67. The Bertz CT molecular complexity index is 867. The van der Waals surface area contributed by atoms with Crippen LogP contribution in [0.25, 0.3) is 11.3 Å². The highest BCUT2D eigenvalue weighted by Gasteiger charge is 2.26. The number of nitrogen functional groups attached to an aromatic ring is 1. The summed E-state index contributed by atoms with van der Waals surface area (Å²) in [6.07, 6.45) is 1.89. The fraction of sp³-hybridized carbons (Fsp3) is 0.429. The summed E-state index contributed by atoms with van der Waals surface area (Å²) in [6.45, 7) is 6.33. The molecule has 0 radical (unpaired) electrons. The maximum atomic E-state index is 14.5. The molecule has 0 spiro atoms. The van der Waals surface area contributed by atoms with Gasteiger partial charge in [0, 0.05) is 17.7 Å². The molecule has 1 fully saturated rings. The Morgan fingerprint density at radius 2 is 2.00 bits per heavy atom. The number of anilines is 1. The van der Waals surface area contributed by atoms with Gasteiger partial charge < -0.3 is 15.4 Å². The van der Waals surface area contributed by atoms with Crippen molar-refractivity contribution < 1.29 is 9.13 Å². The molecule has 6 heteroatoms. The van der Waals surface area contributed by atoms with E-state index in [-0.39, 0.29) is 11.7 Å². The average molecular weight is 368 g/mol. The second kappa shape index (κ2) is 7.93. The number of nitrogens with zero attached hydrogens (tertiary/aromatic N) is 3. The zero-order valence-electron chi connectivity index (χ0n) is 16.0. The third-order valence-corrected chi connectivity index (χ3v) is 5.34. The minimum Gasteiger partial charge on any atom is -0.497 e. The summed E-state index contributed by atoms with van der Waals surface area (Å²) in [5, 5.41) is 9.58. The highest BCUT2D eigenvalue weighted by Crippen LogP contribution is 2.36. The SMILES string of the molecule is COc1ccc(-c2cc(C3CCN(C(C)C)CC3)c(C#N)c(N)n2)c(F)c1. The molecule has 2 aromatic rings. The minimum atomic E-state index is -0.425.